The zero-order chi connectivity index (χ0) is 15.8. The lowest BCUT2D eigenvalue weighted by Crippen LogP contribution is -2.38. The van der Waals surface area contributed by atoms with Crippen LogP contribution in [0.15, 0.2) is 11.6 Å². The van der Waals surface area contributed by atoms with E-state index < -0.39 is 5.60 Å². The maximum atomic E-state index is 11.1. The number of carbonyl (C=O) groups excluding carboxylic acids is 1. The fourth-order valence-electron chi connectivity index (χ4n) is 3.40. The van der Waals surface area contributed by atoms with Gasteiger partial charge in [-0.3, -0.25) is 4.79 Å². The van der Waals surface area contributed by atoms with Crippen LogP contribution in [-0.2, 0) is 14.3 Å². The van der Waals surface area contributed by atoms with Crippen LogP contribution in [0.5, 0.6) is 0 Å². The van der Waals surface area contributed by atoms with Crippen molar-refractivity contribution in [2.45, 2.75) is 59.4 Å². The lowest BCUT2D eigenvalue weighted by Gasteiger charge is -2.39. The maximum Gasteiger partial charge on any atom is 0.184 e. The van der Waals surface area contributed by atoms with Crippen molar-refractivity contribution in [2.24, 2.45) is 17.3 Å². The van der Waals surface area contributed by atoms with Gasteiger partial charge in [0.15, 0.2) is 12.1 Å². The van der Waals surface area contributed by atoms with Crippen molar-refractivity contribution in [3.63, 3.8) is 0 Å². The van der Waals surface area contributed by atoms with Gasteiger partial charge < -0.3 is 14.6 Å². The van der Waals surface area contributed by atoms with Crippen LogP contribution >= 0.6 is 0 Å². The molecule has 0 aromatic carbocycles. The van der Waals surface area contributed by atoms with E-state index >= 15 is 0 Å². The zero-order valence-electron chi connectivity index (χ0n) is 13.8. The quantitative estimate of drug-likeness (QED) is 0.810. The molecule has 1 fully saturated rings. The SMILES string of the molecule is CC(C1=CCC(CC2OCC(=O)CO2)C1(C)C)C(C)(C)O. The molecule has 1 aliphatic carbocycles. The second-order valence-electron chi connectivity index (χ2n) is 7.52. The van der Waals surface area contributed by atoms with Crippen molar-refractivity contribution >= 4 is 5.78 Å². The standard InChI is InChI=1S/C17H28O4/c1-11(17(4,5)19)14-7-6-12(16(14,2)3)8-15-20-9-13(18)10-21-15/h7,11-12,15,19H,6,8-10H2,1-5H3. The van der Waals surface area contributed by atoms with Gasteiger partial charge in [0.2, 0.25) is 0 Å². The highest BCUT2D eigenvalue weighted by atomic mass is 16.7. The van der Waals surface area contributed by atoms with Crippen LogP contribution in [0.1, 0.15) is 47.5 Å². The van der Waals surface area contributed by atoms with Gasteiger partial charge in [-0.2, -0.15) is 0 Å². The van der Waals surface area contributed by atoms with Gasteiger partial charge in [-0.25, -0.2) is 0 Å². The largest absolute Gasteiger partial charge is 0.390 e. The van der Waals surface area contributed by atoms with Gasteiger partial charge in [0.25, 0.3) is 0 Å². The van der Waals surface area contributed by atoms with Gasteiger partial charge in [-0.15, -0.1) is 0 Å². The minimum absolute atomic E-state index is 0.00592. The molecule has 1 N–H and O–H groups in total. The Kier molecular flexibility index (Phi) is 4.62. The highest BCUT2D eigenvalue weighted by molar-refractivity contribution is 5.81. The van der Waals surface area contributed by atoms with Gasteiger partial charge in [0.05, 0.1) is 5.60 Å². The molecule has 120 valence electrons. The number of aliphatic hydroxyl groups is 1. The molecule has 0 aromatic heterocycles. The van der Waals surface area contributed by atoms with Gasteiger partial charge in [-0.05, 0) is 31.6 Å². The Morgan fingerprint density at radius 3 is 2.48 bits per heavy atom. The average molecular weight is 296 g/mol. The average Bonchev–Trinajstić information content (AvgIpc) is 2.66. The van der Waals surface area contributed by atoms with Crippen LogP contribution in [0.3, 0.4) is 0 Å². The molecule has 0 radical (unpaired) electrons. The van der Waals surface area contributed by atoms with Crippen molar-refractivity contribution in [1.82, 2.24) is 0 Å². The van der Waals surface area contributed by atoms with Crippen molar-refractivity contribution in [1.29, 1.82) is 0 Å². The van der Waals surface area contributed by atoms with Gasteiger partial charge >= 0.3 is 0 Å². The topological polar surface area (TPSA) is 55.8 Å². The predicted molar refractivity (Wildman–Crippen MR) is 80.7 cm³/mol. The Balaban J connectivity index is 2.01. The molecule has 1 aliphatic heterocycles. The first kappa shape index (κ1) is 16.7. The molecule has 4 heteroatoms. The molecule has 21 heavy (non-hydrogen) atoms. The maximum absolute atomic E-state index is 11.1. The summed E-state index contributed by atoms with van der Waals surface area (Å²) in [5.74, 6) is 0.536. The molecule has 2 atom stereocenters. The summed E-state index contributed by atoms with van der Waals surface area (Å²) in [5, 5.41) is 10.3. The molecule has 0 saturated carbocycles. The minimum atomic E-state index is -0.720. The molecule has 0 amide bonds. The van der Waals surface area contributed by atoms with E-state index in [9.17, 15) is 9.90 Å². The smallest absolute Gasteiger partial charge is 0.184 e. The summed E-state index contributed by atoms with van der Waals surface area (Å²) >= 11 is 0. The van der Waals surface area contributed by atoms with Crippen LogP contribution in [0.4, 0.5) is 0 Å². The third-order valence-corrected chi connectivity index (χ3v) is 5.25. The van der Waals surface area contributed by atoms with Crippen LogP contribution in [0.2, 0.25) is 0 Å². The molecule has 0 bridgehead atoms. The summed E-state index contributed by atoms with van der Waals surface area (Å²) in [6.45, 7) is 10.6. The summed E-state index contributed by atoms with van der Waals surface area (Å²) in [6, 6.07) is 0. The first-order valence-corrected chi connectivity index (χ1v) is 7.80. The molecule has 2 unspecified atom stereocenters. The molecule has 4 nitrogen and oxygen atoms in total. The van der Waals surface area contributed by atoms with E-state index in [1.165, 1.54) is 5.57 Å². The number of hydrogen-bond acceptors (Lipinski definition) is 4. The molecule has 1 heterocycles. The van der Waals surface area contributed by atoms with Crippen LogP contribution in [0, 0.1) is 17.3 Å². The zero-order valence-corrected chi connectivity index (χ0v) is 13.8. The fourth-order valence-corrected chi connectivity index (χ4v) is 3.40. The van der Waals surface area contributed by atoms with E-state index in [0.717, 1.165) is 12.8 Å². The molecule has 0 aromatic rings. The molecule has 0 spiro atoms. The molecule has 2 rings (SSSR count). The number of ether oxygens (including phenoxy) is 2. The second kappa shape index (κ2) is 5.82. The van der Waals surface area contributed by atoms with E-state index in [2.05, 4.69) is 26.8 Å². The molecular weight excluding hydrogens is 268 g/mol. The van der Waals surface area contributed by atoms with Crippen LogP contribution < -0.4 is 0 Å². The van der Waals surface area contributed by atoms with E-state index in [-0.39, 0.29) is 36.6 Å². The van der Waals surface area contributed by atoms with E-state index in [4.69, 9.17) is 9.47 Å². The third-order valence-electron chi connectivity index (χ3n) is 5.25. The molecular formula is C17H28O4. The number of ketones is 1. The summed E-state index contributed by atoms with van der Waals surface area (Å²) in [6.07, 6.45) is 3.75. The van der Waals surface area contributed by atoms with Crippen molar-refractivity contribution in [2.75, 3.05) is 13.2 Å². The normalized spacial score (nSPS) is 28.6. The number of Topliss-reactive ketones (excluding diaryl/α,β-unsaturated/α-hetero) is 1. The Bertz CT molecular complexity index is 421. The van der Waals surface area contributed by atoms with Crippen molar-refractivity contribution < 1.29 is 19.4 Å². The van der Waals surface area contributed by atoms with E-state index in [0.29, 0.717) is 5.92 Å². The highest BCUT2D eigenvalue weighted by Gasteiger charge is 2.43. The van der Waals surface area contributed by atoms with E-state index in [1.54, 1.807) is 0 Å². The van der Waals surface area contributed by atoms with Crippen LogP contribution in [-0.4, -0.2) is 36.0 Å². The number of allylic oxidation sites excluding steroid dienone is 1. The lowest BCUT2D eigenvalue weighted by molar-refractivity contribution is -0.193. The molecule has 2 aliphatic rings. The molecule has 1 saturated heterocycles. The summed E-state index contributed by atoms with van der Waals surface area (Å²) in [4.78, 5) is 11.1. The van der Waals surface area contributed by atoms with Gasteiger partial charge in [0.1, 0.15) is 13.2 Å². The van der Waals surface area contributed by atoms with Crippen molar-refractivity contribution in [3.05, 3.63) is 11.6 Å². The summed E-state index contributed by atoms with van der Waals surface area (Å²) in [5.41, 5.74) is 0.599. The third kappa shape index (κ3) is 3.55. The summed E-state index contributed by atoms with van der Waals surface area (Å²) < 4.78 is 10.9. The van der Waals surface area contributed by atoms with Crippen molar-refractivity contribution in [3.8, 4) is 0 Å². The second-order valence-corrected chi connectivity index (χ2v) is 7.52. The fraction of sp³-hybridized carbons (Fsp3) is 0.824. The number of rotatable bonds is 4. The number of carbonyl (C=O) groups is 1. The Labute approximate surface area is 127 Å². The predicted octanol–water partition coefficient (Wildman–Crippen LogP) is 2.70. The number of hydrogen-bond donors (Lipinski definition) is 1. The summed E-state index contributed by atoms with van der Waals surface area (Å²) in [7, 11) is 0. The first-order valence-electron chi connectivity index (χ1n) is 7.80. The van der Waals surface area contributed by atoms with Gasteiger partial charge in [-0.1, -0.05) is 32.4 Å². The van der Waals surface area contributed by atoms with E-state index in [1.807, 2.05) is 13.8 Å². The monoisotopic (exact) mass is 296 g/mol. The first-order chi connectivity index (χ1) is 9.62. The van der Waals surface area contributed by atoms with Gasteiger partial charge in [0, 0.05) is 12.3 Å². The minimum Gasteiger partial charge on any atom is -0.390 e. The Hall–Kier alpha value is -0.710. The highest BCUT2D eigenvalue weighted by Crippen LogP contribution is 2.50. The Morgan fingerprint density at radius 2 is 1.95 bits per heavy atom. The van der Waals surface area contributed by atoms with Crippen LogP contribution in [0.25, 0.3) is 0 Å². The Morgan fingerprint density at radius 1 is 1.38 bits per heavy atom. The lowest BCUT2D eigenvalue weighted by atomic mass is 9.69.